The minimum absolute atomic E-state index is 0.884. The molecule has 0 aliphatic rings. The average molecular weight is 225 g/mol. The number of hydrogen-bond donors (Lipinski definition) is 1. The van der Waals surface area contributed by atoms with Gasteiger partial charge in [-0.2, -0.15) is 0 Å². The smallest absolute Gasteiger partial charge is 0.133 e. The van der Waals surface area contributed by atoms with E-state index in [4.69, 9.17) is 0 Å². The van der Waals surface area contributed by atoms with Crippen molar-refractivity contribution in [2.24, 2.45) is 0 Å². The highest BCUT2D eigenvalue weighted by atomic mass is 32.2. The Morgan fingerprint density at radius 2 is 2.00 bits per heavy atom. The van der Waals surface area contributed by atoms with Crippen LogP contribution in [0.5, 0.6) is 0 Å². The Morgan fingerprint density at radius 1 is 1.27 bits per heavy atom. The Bertz CT molecular complexity index is 326. The summed E-state index contributed by atoms with van der Waals surface area (Å²) in [5.74, 6) is 2.99. The summed E-state index contributed by atoms with van der Waals surface area (Å²) in [5.41, 5.74) is 1.16. The lowest BCUT2D eigenvalue weighted by molar-refractivity contribution is 0.873. The van der Waals surface area contributed by atoms with Crippen molar-refractivity contribution in [1.82, 2.24) is 9.97 Å². The van der Waals surface area contributed by atoms with Crippen molar-refractivity contribution < 1.29 is 0 Å². The molecule has 0 radical (unpaired) electrons. The van der Waals surface area contributed by atoms with E-state index in [1.54, 1.807) is 0 Å². The monoisotopic (exact) mass is 225 g/mol. The zero-order valence-corrected chi connectivity index (χ0v) is 10.7. The van der Waals surface area contributed by atoms with Crippen LogP contribution in [0.4, 0.5) is 5.82 Å². The molecule has 0 spiro atoms. The third kappa shape index (κ3) is 3.09. The molecule has 84 valence electrons. The first-order valence-corrected chi connectivity index (χ1v) is 6.39. The molecule has 3 nitrogen and oxygen atoms in total. The predicted molar refractivity (Wildman–Crippen MR) is 66.7 cm³/mol. The molecule has 4 heteroatoms. The van der Waals surface area contributed by atoms with Gasteiger partial charge in [-0.05, 0) is 19.1 Å². The van der Waals surface area contributed by atoms with E-state index in [0.29, 0.717) is 0 Å². The van der Waals surface area contributed by atoms with E-state index in [9.17, 15) is 0 Å². The highest BCUT2D eigenvalue weighted by Gasteiger charge is 2.08. The van der Waals surface area contributed by atoms with E-state index in [-0.39, 0.29) is 0 Å². The number of aryl methyl sites for hydroxylation is 1. The first-order chi connectivity index (χ1) is 7.22. The molecule has 0 amide bonds. The third-order valence-corrected chi connectivity index (χ3v) is 3.43. The largest absolute Gasteiger partial charge is 0.373 e. The quantitative estimate of drug-likeness (QED) is 0.617. The molecule has 15 heavy (non-hydrogen) atoms. The molecule has 1 rings (SSSR count). The van der Waals surface area contributed by atoms with Crippen LogP contribution in [0.25, 0.3) is 0 Å². The predicted octanol–water partition coefficient (Wildman–Crippen LogP) is 2.89. The highest BCUT2D eigenvalue weighted by Crippen LogP contribution is 2.25. The standard InChI is InChI=1S/C11H19N3S/c1-5-7-15-11-8(3)10(12-4)13-9(6-2)14-11/h5-7H2,1-4H3,(H,12,13,14). The van der Waals surface area contributed by atoms with Crippen molar-refractivity contribution in [1.29, 1.82) is 0 Å². The molecule has 0 aromatic carbocycles. The molecule has 0 atom stereocenters. The van der Waals surface area contributed by atoms with Gasteiger partial charge in [-0.25, -0.2) is 9.97 Å². The molecule has 0 saturated heterocycles. The Morgan fingerprint density at radius 3 is 2.53 bits per heavy atom. The van der Waals surface area contributed by atoms with E-state index < -0.39 is 0 Å². The van der Waals surface area contributed by atoms with Crippen LogP contribution in [0.2, 0.25) is 0 Å². The summed E-state index contributed by atoms with van der Waals surface area (Å²) in [6, 6.07) is 0. The van der Waals surface area contributed by atoms with Crippen molar-refractivity contribution in [3.05, 3.63) is 11.4 Å². The van der Waals surface area contributed by atoms with Crippen LogP contribution >= 0.6 is 11.8 Å². The van der Waals surface area contributed by atoms with Crippen LogP contribution in [0.3, 0.4) is 0 Å². The van der Waals surface area contributed by atoms with E-state index in [2.05, 4.69) is 36.1 Å². The van der Waals surface area contributed by atoms with Crippen LogP contribution in [0.1, 0.15) is 31.7 Å². The summed E-state index contributed by atoms with van der Waals surface area (Å²) in [6.45, 7) is 6.34. The number of aromatic nitrogens is 2. The average Bonchev–Trinajstić information content (AvgIpc) is 2.27. The fourth-order valence-electron chi connectivity index (χ4n) is 1.28. The van der Waals surface area contributed by atoms with Crippen LogP contribution in [0.15, 0.2) is 5.03 Å². The van der Waals surface area contributed by atoms with Gasteiger partial charge < -0.3 is 5.32 Å². The molecule has 0 fully saturated rings. The van der Waals surface area contributed by atoms with Crippen LogP contribution in [-0.4, -0.2) is 22.8 Å². The maximum absolute atomic E-state index is 4.55. The number of rotatable bonds is 5. The van der Waals surface area contributed by atoms with Gasteiger partial charge in [0.1, 0.15) is 16.7 Å². The maximum Gasteiger partial charge on any atom is 0.133 e. The first kappa shape index (κ1) is 12.3. The van der Waals surface area contributed by atoms with Crippen molar-refractivity contribution in [2.75, 3.05) is 18.1 Å². The molecule has 0 bridgehead atoms. The second-order valence-corrected chi connectivity index (χ2v) is 4.45. The molecule has 1 heterocycles. The number of thioether (sulfide) groups is 1. The molecule has 0 aliphatic heterocycles. The summed E-state index contributed by atoms with van der Waals surface area (Å²) >= 11 is 1.81. The number of nitrogens with one attached hydrogen (secondary N) is 1. The molecule has 0 aliphatic carbocycles. The molecular weight excluding hydrogens is 206 g/mol. The zero-order chi connectivity index (χ0) is 11.3. The van der Waals surface area contributed by atoms with Crippen molar-refractivity contribution >= 4 is 17.6 Å². The van der Waals surface area contributed by atoms with Gasteiger partial charge in [0, 0.05) is 19.0 Å². The van der Waals surface area contributed by atoms with Gasteiger partial charge in [-0.1, -0.05) is 13.8 Å². The van der Waals surface area contributed by atoms with E-state index in [1.807, 2.05) is 18.8 Å². The van der Waals surface area contributed by atoms with Gasteiger partial charge >= 0.3 is 0 Å². The van der Waals surface area contributed by atoms with E-state index >= 15 is 0 Å². The lowest BCUT2D eigenvalue weighted by atomic mass is 10.3. The van der Waals surface area contributed by atoms with E-state index in [1.165, 1.54) is 6.42 Å². The Balaban J connectivity index is 3.01. The highest BCUT2D eigenvalue weighted by molar-refractivity contribution is 7.99. The molecule has 1 N–H and O–H groups in total. The Labute approximate surface area is 96.1 Å². The number of nitrogens with zero attached hydrogens (tertiary/aromatic N) is 2. The summed E-state index contributed by atoms with van der Waals surface area (Å²) in [4.78, 5) is 8.99. The first-order valence-electron chi connectivity index (χ1n) is 5.40. The summed E-state index contributed by atoms with van der Waals surface area (Å²) < 4.78 is 0. The van der Waals surface area contributed by atoms with Gasteiger partial charge in [0.25, 0.3) is 0 Å². The topological polar surface area (TPSA) is 37.8 Å². The minimum Gasteiger partial charge on any atom is -0.373 e. The van der Waals surface area contributed by atoms with Gasteiger partial charge in [0.2, 0.25) is 0 Å². The van der Waals surface area contributed by atoms with Crippen molar-refractivity contribution in [2.45, 2.75) is 38.6 Å². The number of anilines is 1. The Hall–Kier alpha value is -0.770. The van der Waals surface area contributed by atoms with Crippen LogP contribution in [-0.2, 0) is 6.42 Å². The summed E-state index contributed by atoms with van der Waals surface area (Å²) in [7, 11) is 1.91. The summed E-state index contributed by atoms with van der Waals surface area (Å²) in [6.07, 6.45) is 2.05. The van der Waals surface area contributed by atoms with Gasteiger partial charge in [-0.15, -0.1) is 11.8 Å². The second-order valence-electron chi connectivity index (χ2n) is 3.37. The second kappa shape index (κ2) is 5.95. The fraction of sp³-hybridized carbons (Fsp3) is 0.636. The van der Waals surface area contributed by atoms with Gasteiger partial charge in [-0.3, -0.25) is 0 Å². The van der Waals surface area contributed by atoms with Gasteiger partial charge in [0.15, 0.2) is 0 Å². The number of hydrogen-bond acceptors (Lipinski definition) is 4. The minimum atomic E-state index is 0.884. The third-order valence-electron chi connectivity index (χ3n) is 2.14. The molecular formula is C11H19N3S. The van der Waals surface area contributed by atoms with Crippen LogP contribution < -0.4 is 5.32 Å². The Kier molecular flexibility index (Phi) is 4.88. The lowest BCUT2D eigenvalue weighted by Gasteiger charge is -2.10. The summed E-state index contributed by atoms with van der Waals surface area (Å²) in [5, 5.41) is 4.24. The SMILES string of the molecule is CCCSc1nc(CC)nc(NC)c1C. The fourth-order valence-corrected chi connectivity index (χ4v) is 2.16. The van der Waals surface area contributed by atoms with E-state index in [0.717, 1.165) is 34.4 Å². The molecule has 1 aromatic heterocycles. The molecule has 0 saturated carbocycles. The normalized spacial score (nSPS) is 10.4. The molecule has 0 unspecified atom stereocenters. The van der Waals surface area contributed by atoms with Crippen LogP contribution in [0, 0.1) is 6.92 Å². The maximum atomic E-state index is 4.55. The van der Waals surface area contributed by atoms with Gasteiger partial charge in [0.05, 0.1) is 0 Å². The zero-order valence-electron chi connectivity index (χ0n) is 9.92. The van der Waals surface area contributed by atoms with Crippen molar-refractivity contribution in [3.63, 3.8) is 0 Å². The molecule has 1 aromatic rings. The van der Waals surface area contributed by atoms with Crippen molar-refractivity contribution in [3.8, 4) is 0 Å². The lowest BCUT2D eigenvalue weighted by Crippen LogP contribution is -2.04.